The van der Waals surface area contributed by atoms with Gasteiger partial charge < -0.3 is 19.7 Å². The first kappa shape index (κ1) is 15.3. The van der Waals surface area contributed by atoms with Crippen molar-refractivity contribution >= 4 is 17.7 Å². The number of nitrogens with zero attached hydrogens (tertiary/aromatic N) is 3. The monoisotopic (exact) mass is 300 g/mol. The van der Waals surface area contributed by atoms with E-state index >= 15 is 0 Å². The second kappa shape index (κ2) is 8.23. The van der Waals surface area contributed by atoms with E-state index in [0.717, 1.165) is 11.6 Å². The number of aliphatic hydroxyl groups is 1. The van der Waals surface area contributed by atoms with Gasteiger partial charge in [0.15, 0.2) is 5.16 Å². The molecule has 0 spiro atoms. The topological polar surface area (TPSA) is 89.3 Å². The van der Waals surface area contributed by atoms with Gasteiger partial charge in [-0.25, -0.2) is 0 Å². The van der Waals surface area contributed by atoms with Gasteiger partial charge in [0, 0.05) is 19.2 Å². The first-order chi connectivity index (χ1) is 9.81. The summed E-state index contributed by atoms with van der Waals surface area (Å²) in [5.74, 6) is 0.339. The maximum absolute atomic E-state index is 11.7. The molecular formula is C12H20N4O3S. The number of hydrogen-bond acceptors (Lipinski definition) is 6. The molecule has 20 heavy (non-hydrogen) atoms. The number of carbonyl (C=O) groups is 1. The van der Waals surface area contributed by atoms with Gasteiger partial charge in [0.25, 0.3) is 0 Å². The molecule has 1 aromatic heterocycles. The van der Waals surface area contributed by atoms with Crippen molar-refractivity contribution in [2.24, 2.45) is 0 Å². The summed E-state index contributed by atoms with van der Waals surface area (Å²) in [5, 5.41) is 20.1. The molecule has 0 radical (unpaired) electrons. The molecule has 0 unspecified atom stereocenters. The first-order valence-corrected chi connectivity index (χ1v) is 7.77. The Morgan fingerprint density at radius 1 is 1.55 bits per heavy atom. The summed E-state index contributed by atoms with van der Waals surface area (Å²) in [6, 6.07) is 0.527. The molecule has 0 saturated heterocycles. The van der Waals surface area contributed by atoms with Gasteiger partial charge in [-0.3, -0.25) is 4.79 Å². The molecule has 0 aromatic carbocycles. The van der Waals surface area contributed by atoms with E-state index in [-0.39, 0.29) is 12.5 Å². The lowest BCUT2D eigenvalue weighted by Gasteiger charge is -2.06. The van der Waals surface area contributed by atoms with Gasteiger partial charge in [0.05, 0.1) is 19.0 Å². The second-order valence-corrected chi connectivity index (χ2v) is 5.52. The predicted octanol–water partition coefficient (Wildman–Crippen LogP) is 0.220. The molecule has 0 atom stereocenters. The van der Waals surface area contributed by atoms with E-state index in [0.29, 0.717) is 31.6 Å². The van der Waals surface area contributed by atoms with E-state index in [1.807, 2.05) is 4.57 Å². The number of aromatic nitrogens is 3. The van der Waals surface area contributed by atoms with Crippen molar-refractivity contribution in [1.82, 2.24) is 20.1 Å². The van der Waals surface area contributed by atoms with Crippen LogP contribution in [0.2, 0.25) is 0 Å². The minimum atomic E-state index is -0.0116. The van der Waals surface area contributed by atoms with Crippen LogP contribution in [0.25, 0.3) is 0 Å². The van der Waals surface area contributed by atoms with Gasteiger partial charge in [0.2, 0.25) is 5.91 Å². The minimum absolute atomic E-state index is 0.0116. The van der Waals surface area contributed by atoms with Crippen molar-refractivity contribution in [2.75, 3.05) is 32.1 Å². The van der Waals surface area contributed by atoms with Crippen molar-refractivity contribution in [3.05, 3.63) is 6.33 Å². The van der Waals surface area contributed by atoms with E-state index in [4.69, 9.17) is 9.84 Å². The summed E-state index contributed by atoms with van der Waals surface area (Å²) < 4.78 is 7.15. The summed E-state index contributed by atoms with van der Waals surface area (Å²) >= 11 is 1.42. The number of amides is 1. The third-order valence-electron chi connectivity index (χ3n) is 2.84. The zero-order valence-electron chi connectivity index (χ0n) is 11.3. The largest absolute Gasteiger partial charge is 0.394 e. The first-order valence-electron chi connectivity index (χ1n) is 6.79. The van der Waals surface area contributed by atoms with Crippen molar-refractivity contribution in [1.29, 1.82) is 0 Å². The molecule has 1 aliphatic carbocycles. The zero-order valence-corrected chi connectivity index (χ0v) is 12.1. The molecule has 2 rings (SSSR count). The van der Waals surface area contributed by atoms with Crippen LogP contribution < -0.4 is 5.32 Å². The fourth-order valence-corrected chi connectivity index (χ4v) is 2.50. The number of carbonyl (C=O) groups excluding carboxylic acids is 1. The van der Waals surface area contributed by atoms with E-state index in [1.165, 1.54) is 24.6 Å². The molecule has 0 aliphatic heterocycles. The summed E-state index contributed by atoms with van der Waals surface area (Å²) in [5.41, 5.74) is 0. The summed E-state index contributed by atoms with van der Waals surface area (Å²) in [6.07, 6.45) is 4.82. The lowest BCUT2D eigenvalue weighted by Crippen LogP contribution is -2.27. The normalized spacial score (nSPS) is 14.4. The van der Waals surface area contributed by atoms with Gasteiger partial charge in [-0.1, -0.05) is 11.8 Å². The van der Waals surface area contributed by atoms with Gasteiger partial charge in [-0.15, -0.1) is 10.2 Å². The average Bonchev–Trinajstić information content (AvgIpc) is 3.19. The van der Waals surface area contributed by atoms with Crippen LogP contribution in [0.1, 0.15) is 25.3 Å². The Morgan fingerprint density at radius 3 is 3.15 bits per heavy atom. The second-order valence-electron chi connectivity index (χ2n) is 4.58. The van der Waals surface area contributed by atoms with Crippen LogP contribution in [0, 0.1) is 0 Å². The Morgan fingerprint density at radius 2 is 2.40 bits per heavy atom. The molecule has 1 aliphatic rings. The number of thioether (sulfide) groups is 1. The van der Waals surface area contributed by atoms with E-state index < -0.39 is 0 Å². The average molecular weight is 300 g/mol. The lowest BCUT2D eigenvalue weighted by atomic mass is 10.4. The number of rotatable bonds is 10. The quantitative estimate of drug-likeness (QED) is 0.475. The Labute approximate surface area is 122 Å². The molecule has 1 heterocycles. The molecule has 1 saturated carbocycles. The highest BCUT2D eigenvalue weighted by atomic mass is 32.2. The molecule has 2 N–H and O–H groups in total. The number of aliphatic hydroxyl groups excluding tert-OH is 1. The standard InChI is InChI=1S/C12H20N4O3S/c17-5-7-19-6-1-4-13-11(18)8-20-12-15-14-9-16(12)10-2-3-10/h9-10,17H,1-8H2,(H,13,18). The molecule has 0 bridgehead atoms. The Hall–Kier alpha value is -1.12. The van der Waals surface area contributed by atoms with Crippen molar-refractivity contribution in [2.45, 2.75) is 30.5 Å². The summed E-state index contributed by atoms with van der Waals surface area (Å²) in [6.45, 7) is 1.51. The highest BCUT2D eigenvalue weighted by Gasteiger charge is 2.26. The van der Waals surface area contributed by atoms with Crippen molar-refractivity contribution < 1.29 is 14.6 Å². The molecule has 1 aromatic rings. The number of hydrogen-bond donors (Lipinski definition) is 2. The van der Waals surface area contributed by atoms with Crippen LogP contribution in [0.5, 0.6) is 0 Å². The Bertz CT molecular complexity index is 423. The fraction of sp³-hybridized carbons (Fsp3) is 0.750. The lowest BCUT2D eigenvalue weighted by molar-refractivity contribution is -0.118. The van der Waals surface area contributed by atoms with E-state index in [9.17, 15) is 4.79 Å². The van der Waals surface area contributed by atoms with E-state index in [1.54, 1.807) is 6.33 Å². The maximum Gasteiger partial charge on any atom is 0.230 e. The molecular weight excluding hydrogens is 280 g/mol. The maximum atomic E-state index is 11.7. The SMILES string of the molecule is O=C(CSc1nncn1C1CC1)NCCCOCCO. The van der Waals surface area contributed by atoms with Gasteiger partial charge >= 0.3 is 0 Å². The highest BCUT2D eigenvalue weighted by Crippen LogP contribution is 2.37. The Kier molecular flexibility index (Phi) is 6.28. The number of nitrogens with one attached hydrogen (secondary N) is 1. The third-order valence-corrected chi connectivity index (χ3v) is 3.79. The molecule has 112 valence electrons. The molecule has 7 nitrogen and oxygen atoms in total. The smallest absolute Gasteiger partial charge is 0.230 e. The third kappa shape index (κ3) is 5.10. The molecule has 8 heteroatoms. The van der Waals surface area contributed by atoms with Crippen LogP contribution in [0.4, 0.5) is 0 Å². The van der Waals surface area contributed by atoms with Gasteiger partial charge in [0.1, 0.15) is 6.33 Å². The van der Waals surface area contributed by atoms with Crippen LogP contribution in [0.3, 0.4) is 0 Å². The van der Waals surface area contributed by atoms with E-state index in [2.05, 4.69) is 15.5 Å². The van der Waals surface area contributed by atoms with Crippen LogP contribution in [0.15, 0.2) is 11.5 Å². The summed E-state index contributed by atoms with van der Waals surface area (Å²) in [7, 11) is 0. The molecule has 1 fully saturated rings. The minimum Gasteiger partial charge on any atom is -0.394 e. The van der Waals surface area contributed by atoms with Crippen molar-refractivity contribution in [3.8, 4) is 0 Å². The highest BCUT2D eigenvalue weighted by molar-refractivity contribution is 7.99. The van der Waals surface area contributed by atoms with Gasteiger partial charge in [-0.2, -0.15) is 0 Å². The van der Waals surface area contributed by atoms with Crippen molar-refractivity contribution in [3.63, 3.8) is 0 Å². The van der Waals surface area contributed by atoms with Crippen LogP contribution >= 0.6 is 11.8 Å². The van der Waals surface area contributed by atoms with Crippen LogP contribution in [-0.4, -0.2) is 57.9 Å². The summed E-state index contributed by atoms with van der Waals surface area (Å²) in [4.78, 5) is 11.7. The fourth-order valence-electron chi connectivity index (χ4n) is 1.69. The number of ether oxygens (including phenoxy) is 1. The van der Waals surface area contributed by atoms with Crippen LogP contribution in [-0.2, 0) is 9.53 Å². The van der Waals surface area contributed by atoms with Gasteiger partial charge in [-0.05, 0) is 19.3 Å². The predicted molar refractivity (Wildman–Crippen MR) is 74.5 cm³/mol. The zero-order chi connectivity index (χ0) is 14.2. The molecule has 1 amide bonds. The Balaban J connectivity index is 1.56.